The number of nitrogens with one attached hydrogen (secondary N) is 1. The maximum Gasteiger partial charge on any atom is 0.332 e. The number of aliphatic hydroxyl groups is 2. The summed E-state index contributed by atoms with van der Waals surface area (Å²) in [6.07, 6.45) is 18.2. The van der Waals surface area contributed by atoms with Crippen LogP contribution in [0.25, 0.3) is 0 Å². The van der Waals surface area contributed by atoms with Crippen molar-refractivity contribution in [2.45, 2.75) is 129 Å². The van der Waals surface area contributed by atoms with Crippen molar-refractivity contribution < 1.29 is 24.9 Å². The van der Waals surface area contributed by atoms with E-state index in [2.05, 4.69) is 36.2 Å². The zero-order chi connectivity index (χ0) is 25.5. The summed E-state index contributed by atoms with van der Waals surface area (Å²) >= 11 is 0. The Labute approximate surface area is 202 Å². The molecule has 3 atom stereocenters. The minimum Gasteiger partial charge on any atom is -0.479 e. The van der Waals surface area contributed by atoms with E-state index >= 15 is 0 Å². The van der Waals surface area contributed by atoms with Gasteiger partial charge in [-0.1, -0.05) is 70.9 Å². The average Bonchev–Trinajstić information content (AvgIpc) is 2.76. The molecule has 0 bridgehead atoms. The van der Waals surface area contributed by atoms with Crippen LogP contribution in [0.4, 0.5) is 0 Å². The van der Waals surface area contributed by atoms with E-state index in [-0.39, 0.29) is 18.2 Å². The fourth-order valence-corrected chi connectivity index (χ4v) is 3.23. The summed E-state index contributed by atoms with van der Waals surface area (Å²) in [4.78, 5) is 23.4. The number of aliphatic carboxylic acids is 1. The molecule has 0 spiro atoms. The third kappa shape index (κ3) is 25.0. The van der Waals surface area contributed by atoms with Gasteiger partial charge in [0.25, 0.3) is 0 Å². The van der Waals surface area contributed by atoms with Gasteiger partial charge in [0, 0.05) is 6.42 Å². The molecule has 0 saturated heterocycles. The van der Waals surface area contributed by atoms with Crippen molar-refractivity contribution in [3.05, 3.63) is 12.2 Å². The maximum atomic E-state index is 11.9. The van der Waals surface area contributed by atoms with Crippen LogP contribution in [0.1, 0.15) is 111 Å². The highest BCUT2D eigenvalue weighted by Gasteiger charge is 2.11. The van der Waals surface area contributed by atoms with Gasteiger partial charge in [0.1, 0.15) is 6.10 Å². The second-order valence-corrected chi connectivity index (χ2v) is 8.99. The summed E-state index contributed by atoms with van der Waals surface area (Å²) in [6, 6.07) is 0. The lowest BCUT2D eigenvalue weighted by atomic mass is 10.1. The van der Waals surface area contributed by atoms with Gasteiger partial charge in [-0.25, -0.2) is 4.79 Å². The van der Waals surface area contributed by atoms with Crippen molar-refractivity contribution in [3.8, 4) is 0 Å². The van der Waals surface area contributed by atoms with Crippen molar-refractivity contribution in [3.63, 3.8) is 0 Å². The second kappa shape index (κ2) is 23.7. The van der Waals surface area contributed by atoms with Crippen LogP contribution in [-0.4, -0.2) is 64.6 Å². The average molecular weight is 473 g/mol. The van der Waals surface area contributed by atoms with Crippen LogP contribution in [0.15, 0.2) is 12.2 Å². The van der Waals surface area contributed by atoms with Crippen LogP contribution in [0.3, 0.4) is 0 Å². The predicted molar refractivity (Wildman–Crippen MR) is 136 cm³/mol. The van der Waals surface area contributed by atoms with Crippen LogP contribution < -0.4 is 5.32 Å². The number of aliphatic hydroxyl groups excluding tert-OH is 2. The van der Waals surface area contributed by atoms with E-state index in [0.29, 0.717) is 6.42 Å². The SMILES string of the molecule is CC(O)C(=O)O.CCCCCC[C@@H](O)C/C=C\CCCCCCCC(=O)NC(CC)N(C)C. The van der Waals surface area contributed by atoms with Crippen LogP contribution in [0, 0.1) is 0 Å². The summed E-state index contributed by atoms with van der Waals surface area (Å²) in [5, 5.41) is 28.8. The van der Waals surface area contributed by atoms with Crippen LogP contribution in [0.5, 0.6) is 0 Å². The zero-order valence-electron chi connectivity index (χ0n) is 21.9. The van der Waals surface area contributed by atoms with E-state index in [4.69, 9.17) is 10.2 Å². The molecule has 0 saturated carbocycles. The van der Waals surface area contributed by atoms with Gasteiger partial charge < -0.3 is 20.6 Å². The number of carbonyl (C=O) groups is 2. The molecule has 0 aromatic carbocycles. The van der Waals surface area contributed by atoms with Gasteiger partial charge >= 0.3 is 5.97 Å². The number of rotatable bonds is 19. The summed E-state index contributed by atoms with van der Waals surface area (Å²) in [7, 11) is 3.99. The first-order chi connectivity index (χ1) is 15.6. The minimum absolute atomic E-state index is 0.152. The Kier molecular flexibility index (Phi) is 24.2. The molecule has 0 aliphatic heterocycles. The molecular weight excluding hydrogens is 420 g/mol. The van der Waals surface area contributed by atoms with E-state index in [1.54, 1.807) is 0 Å². The molecule has 33 heavy (non-hydrogen) atoms. The fourth-order valence-electron chi connectivity index (χ4n) is 3.23. The maximum absolute atomic E-state index is 11.9. The Balaban J connectivity index is 0. The smallest absolute Gasteiger partial charge is 0.332 e. The number of hydrogen-bond acceptors (Lipinski definition) is 5. The van der Waals surface area contributed by atoms with E-state index in [1.165, 1.54) is 45.4 Å². The number of allylic oxidation sites excluding steroid dienone is 1. The summed E-state index contributed by atoms with van der Waals surface area (Å²) in [5.41, 5.74) is 0. The van der Waals surface area contributed by atoms with Crippen molar-refractivity contribution in [1.82, 2.24) is 10.2 Å². The van der Waals surface area contributed by atoms with E-state index in [9.17, 15) is 14.7 Å². The van der Waals surface area contributed by atoms with Gasteiger partial charge in [0.05, 0.1) is 12.3 Å². The monoisotopic (exact) mass is 472 g/mol. The molecule has 0 rings (SSSR count). The number of hydrogen-bond donors (Lipinski definition) is 4. The molecule has 0 fully saturated rings. The minimum atomic E-state index is -1.23. The van der Waals surface area contributed by atoms with Gasteiger partial charge in [-0.15, -0.1) is 0 Å². The first-order valence-corrected chi connectivity index (χ1v) is 12.8. The number of amides is 1. The Bertz CT molecular complexity index is 495. The van der Waals surface area contributed by atoms with Crippen LogP contribution in [0.2, 0.25) is 0 Å². The molecular formula is C26H52N2O5. The second-order valence-electron chi connectivity index (χ2n) is 8.99. The molecule has 0 aliphatic carbocycles. The lowest BCUT2D eigenvalue weighted by molar-refractivity contribution is -0.145. The van der Waals surface area contributed by atoms with Gasteiger partial charge in [-0.2, -0.15) is 0 Å². The molecule has 0 aromatic rings. The Morgan fingerprint density at radius 3 is 2.03 bits per heavy atom. The molecule has 7 nitrogen and oxygen atoms in total. The third-order valence-electron chi connectivity index (χ3n) is 5.44. The van der Waals surface area contributed by atoms with Crippen molar-refractivity contribution in [1.29, 1.82) is 0 Å². The van der Waals surface area contributed by atoms with E-state index < -0.39 is 12.1 Å². The largest absolute Gasteiger partial charge is 0.479 e. The van der Waals surface area contributed by atoms with Crippen molar-refractivity contribution in [2.75, 3.05) is 14.1 Å². The predicted octanol–water partition coefficient (Wildman–Crippen LogP) is 4.86. The number of carbonyl (C=O) groups excluding carboxylic acids is 1. The Morgan fingerprint density at radius 1 is 0.909 bits per heavy atom. The van der Waals surface area contributed by atoms with E-state index in [0.717, 1.165) is 44.9 Å². The highest BCUT2D eigenvalue weighted by atomic mass is 16.4. The summed E-state index contributed by atoms with van der Waals surface area (Å²) in [5.74, 6) is -1.01. The zero-order valence-corrected chi connectivity index (χ0v) is 21.9. The van der Waals surface area contributed by atoms with Crippen molar-refractivity contribution >= 4 is 11.9 Å². The van der Waals surface area contributed by atoms with Crippen LogP contribution in [-0.2, 0) is 9.59 Å². The molecule has 2 unspecified atom stereocenters. The Morgan fingerprint density at radius 2 is 1.48 bits per heavy atom. The number of unbranched alkanes of at least 4 members (excludes halogenated alkanes) is 8. The topological polar surface area (TPSA) is 110 Å². The fraction of sp³-hybridized carbons (Fsp3) is 0.846. The first-order valence-electron chi connectivity index (χ1n) is 12.8. The molecule has 0 aliphatic rings. The van der Waals surface area contributed by atoms with Crippen molar-refractivity contribution in [2.24, 2.45) is 0 Å². The molecule has 7 heteroatoms. The third-order valence-corrected chi connectivity index (χ3v) is 5.44. The van der Waals surface area contributed by atoms with Crippen LogP contribution >= 0.6 is 0 Å². The summed E-state index contributed by atoms with van der Waals surface area (Å²) in [6.45, 7) is 5.50. The van der Waals surface area contributed by atoms with Gasteiger partial charge in [-0.3, -0.25) is 9.69 Å². The van der Waals surface area contributed by atoms with Gasteiger partial charge in [0.15, 0.2) is 0 Å². The van der Waals surface area contributed by atoms with E-state index in [1.807, 2.05) is 14.1 Å². The molecule has 0 radical (unpaired) electrons. The number of carboxylic acids is 1. The molecule has 196 valence electrons. The highest BCUT2D eigenvalue weighted by Crippen LogP contribution is 2.10. The van der Waals surface area contributed by atoms with Gasteiger partial charge in [0.2, 0.25) is 5.91 Å². The number of carboxylic acid groups (broad SMARTS) is 1. The number of nitrogens with zero attached hydrogens (tertiary/aromatic N) is 1. The lowest BCUT2D eigenvalue weighted by Crippen LogP contribution is -2.44. The molecule has 0 heterocycles. The molecule has 1 amide bonds. The summed E-state index contributed by atoms with van der Waals surface area (Å²) < 4.78 is 0. The molecule has 0 aromatic heterocycles. The normalized spacial score (nSPS) is 13.9. The standard InChI is InChI=1S/C23H46N2O2.C3H6O3/c1-5-7-8-15-18-21(26)19-16-13-11-9-10-12-14-17-20-23(27)24-22(6-2)25(3)4;1-2(4)3(5)6/h13,16,21-22,26H,5-12,14-15,17-20H2,1-4H3,(H,24,27);2,4H,1H3,(H,5,6)/b16-13-;/t21-,22?;/m1./s1. The highest BCUT2D eigenvalue weighted by molar-refractivity contribution is 5.76. The Hall–Kier alpha value is -1.44. The van der Waals surface area contributed by atoms with Gasteiger partial charge in [-0.05, 0) is 59.5 Å². The first kappa shape index (κ1) is 33.7. The lowest BCUT2D eigenvalue weighted by Gasteiger charge is -2.23. The quantitative estimate of drug-likeness (QED) is 0.121. The molecule has 4 N–H and O–H groups in total.